The first kappa shape index (κ1) is 22.3. The van der Waals surface area contributed by atoms with Crippen LogP contribution in [0.5, 0.6) is 5.75 Å². The quantitative estimate of drug-likeness (QED) is 0.796. The van der Waals surface area contributed by atoms with Crippen molar-refractivity contribution in [2.75, 3.05) is 32.8 Å². The molecule has 2 heterocycles. The molecule has 31 heavy (non-hydrogen) atoms. The number of piperazine rings is 1. The number of aromatic carboxylic acids is 1. The molecule has 9 heteroatoms. The second kappa shape index (κ2) is 8.79. The maximum absolute atomic E-state index is 12.6. The first-order chi connectivity index (χ1) is 14.5. The standard InChI is InChI=1S/C22H27N3O6/c1-14-5-6-15-16(11-14)23-17(20(27)28)12-18(15)30-13-19(26)24-7-9-25(10-8-24)21(29)31-22(2,3)4/h5-6,11-12H,7-10,13H2,1-4H3,(H,27,28). The predicted octanol–water partition coefficient (Wildman–Crippen LogP) is 2.70. The van der Waals surface area contributed by atoms with Gasteiger partial charge in [-0.1, -0.05) is 6.07 Å². The molecule has 1 aromatic carbocycles. The minimum absolute atomic E-state index is 0.147. The van der Waals surface area contributed by atoms with Crippen LogP contribution >= 0.6 is 0 Å². The van der Waals surface area contributed by atoms with Crippen LogP contribution in [-0.4, -0.2) is 76.2 Å². The monoisotopic (exact) mass is 429 g/mol. The van der Waals surface area contributed by atoms with E-state index in [0.29, 0.717) is 42.8 Å². The Morgan fingerprint density at radius 3 is 2.32 bits per heavy atom. The summed E-state index contributed by atoms with van der Waals surface area (Å²) in [5, 5.41) is 9.96. The molecule has 1 saturated heterocycles. The predicted molar refractivity (Wildman–Crippen MR) is 113 cm³/mol. The van der Waals surface area contributed by atoms with Gasteiger partial charge in [-0.2, -0.15) is 0 Å². The lowest BCUT2D eigenvalue weighted by molar-refractivity contribution is -0.135. The lowest BCUT2D eigenvalue weighted by Gasteiger charge is -2.35. The van der Waals surface area contributed by atoms with E-state index in [-0.39, 0.29) is 18.2 Å². The molecule has 1 fully saturated rings. The highest BCUT2D eigenvalue weighted by molar-refractivity contribution is 5.93. The van der Waals surface area contributed by atoms with Crippen LogP contribution in [0.25, 0.3) is 10.9 Å². The molecule has 166 valence electrons. The minimum Gasteiger partial charge on any atom is -0.483 e. The van der Waals surface area contributed by atoms with Gasteiger partial charge in [-0.05, 0) is 45.4 Å². The van der Waals surface area contributed by atoms with Crippen molar-refractivity contribution in [3.63, 3.8) is 0 Å². The summed E-state index contributed by atoms with van der Waals surface area (Å²) in [6, 6.07) is 6.76. The van der Waals surface area contributed by atoms with Crippen molar-refractivity contribution in [3.05, 3.63) is 35.5 Å². The Bertz CT molecular complexity index is 1010. The molecule has 1 N–H and O–H groups in total. The van der Waals surface area contributed by atoms with Crippen LogP contribution in [0.15, 0.2) is 24.3 Å². The van der Waals surface area contributed by atoms with Crippen molar-refractivity contribution < 1.29 is 29.0 Å². The molecular weight excluding hydrogens is 402 g/mol. The highest BCUT2D eigenvalue weighted by atomic mass is 16.6. The van der Waals surface area contributed by atoms with E-state index in [4.69, 9.17) is 9.47 Å². The number of fused-ring (bicyclic) bond motifs is 1. The maximum Gasteiger partial charge on any atom is 0.410 e. The van der Waals surface area contributed by atoms with E-state index in [1.807, 2.05) is 33.8 Å². The number of benzene rings is 1. The first-order valence-corrected chi connectivity index (χ1v) is 10.1. The molecule has 0 spiro atoms. The Balaban J connectivity index is 1.63. The molecule has 0 atom stereocenters. The Hall–Kier alpha value is -3.36. The zero-order valence-electron chi connectivity index (χ0n) is 18.2. The van der Waals surface area contributed by atoms with E-state index < -0.39 is 17.7 Å². The molecule has 0 radical (unpaired) electrons. The second-order valence-electron chi connectivity index (χ2n) is 8.47. The van der Waals surface area contributed by atoms with Crippen LogP contribution in [-0.2, 0) is 9.53 Å². The number of amides is 2. The zero-order valence-corrected chi connectivity index (χ0v) is 18.2. The van der Waals surface area contributed by atoms with E-state index in [9.17, 15) is 19.5 Å². The molecule has 1 aliphatic heterocycles. The van der Waals surface area contributed by atoms with Crippen molar-refractivity contribution in [2.24, 2.45) is 0 Å². The molecule has 9 nitrogen and oxygen atoms in total. The molecule has 0 bridgehead atoms. The van der Waals surface area contributed by atoms with E-state index in [1.54, 1.807) is 21.9 Å². The number of aromatic nitrogens is 1. The van der Waals surface area contributed by atoms with Gasteiger partial charge in [0.2, 0.25) is 0 Å². The second-order valence-corrected chi connectivity index (χ2v) is 8.47. The van der Waals surface area contributed by atoms with Gasteiger partial charge in [0.25, 0.3) is 5.91 Å². The Labute approximate surface area is 180 Å². The van der Waals surface area contributed by atoms with Crippen molar-refractivity contribution >= 4 is 28.9 Å². The van der Waals surface area contributed by atoms with E-state index in [0.717, 1.165) is 5.56 Å². The summed E-state index contributed by atoms with van der Waals surface area (Å²) >= 11 is 0. The average Bonchev–Trinajstić information content (AvgIpc) is 2.70. The topological polar surface area (TPSA) is 109 Å². The summed E-state index contributed by atoms with van der Waals surface area (Å²) in [6.45, 7) is 8.57. The Morgan fingerprint density at radius 1 is 1.06 bits per heavy atom. The molecule has 0 unspecified atom stereocenters. The number of hydrogen-bond donors (Lipinski definition) is 1. The SMILES string of the molecule is Cc1ccc2c(OCC(=O)N3CCN(C(=O)OC(C)(C)C)CC3)cc(C(=O)O)nc2c1. The third-order valence-corrected chi connectivity index (χ3v) is 4.78. The number of carbonyl (C=O) groups excluding carboxylic acids is 2. The van der Waals surface area contributed by atoms with Crippen LogP contribution in [0.2, 0.25) is 0 Å². The summed E-state index contributed by atoms with van der Waals surface area (Å²) in [6.07, 6.45) is -0.393. The third kappa shape index (κ3) is 5.62. The smallest absolute Gasteiger partial charge is 0.410 e. The van der Waals surface area contributed by atoms with E-state index in [1.165, 1.54) is 6.07 Å². The number of rotatable bonds is 4. The number of carboxylic acids is 1. The van der Waals surface area contributed by atoms with Crippen molar-refractivity contribution in [1.82, 2.24) is 14.8 Å². The van der Waals surface area contributed by atoms with Gasteiger partial charge in [0.05, 0.1) is 5.52 Å². The maximum atomic E-state index is 12.6. The zero-order chi connectivity index (χ0) is 22.8. The van der Waals surface area contributed by atoms with Gasteiger partial charge < -0.3 is 24.4 Å². The first-order valence-electron chi connectivity index (χ1n) is 10.1. The van der Waals surface area contributed by atoms with Crippen LogP contribution in [0.3, 0.4) is 0 Å². The van der Waals surface area contributed by atoms with Gasteiger partial charge in [-0.25, -0.2) is 14.6 Å². The average molecular weight is 429 g/mol. The van der Waals surface area contributed by atoms with Crippen LogP contribution in [0.4, 0.5) is 4.79 Å². The largest absolute Gasteiger partial charge is 0.483 e. The number of carbonyl (C=O) groups is 3. The highest BCUT2D eigenvalue weighted by Crippen LogP contribution is 2.26. The number of nitrogens with zero attached hydrogens (tertiary/aromatic N) is 3. The van der Waals surface area contributed by atoms with Gasteiger partial charge in [-0.15, -0.1) is 0 Å². The van der Waals surface area contributed by atoms with Crippen LogP contribution < -0.4 is 4.74 Å². The number of carboxylic acid groups (broad SMARTS) is 1. The van der Waals surface area contributed by atoms with E-state index >= 15 is 0 Å². The number of hydrogen-bond acceptors (Lipinski definition) is 6. The van der Waals surface area contributed by atoms with Crippen LogP contribution in [0, 0.1) is 6.92 Å². The lowest BCUT2D eigenvalue weighted by atomic mass is 10.1. The Kier molecular flexibility index (Phi) is 6.33. The van der Waals surface area contributed by atoms with Crippen LogP contribution in [0.1, 0.15) is 36.8 Å². The summed E-state index contributed by atoms with van der Waals surface area (Å²) < 4.78 is 11.1. The Morgan fingerprint density at radius 2 is 1.71 bits per heavy atom. The fourth-order valence-electron chi connectivity index (χ4n) is 3.23. The molecule has 2 aromatic rings. The fraction of sp³-hybridized carbons (Fsp3) is 0.455. The molecule has 2 amide bonds. The summed E-state index contributed by atoms with van der Waals surface area (Å²) in [4.78, 5) is 43.5. The van der Waals surface area contributed by atoms with Gasteiger partial charge in [0, 0.05) is 37.6 Å². The molecule has 1 aliphatic rings. The normalized spacial score (nSPS) is 14.5. The van der Waals surface area contributed by atoms with Gasteiger partial charge in [0.1, 0.15) is 11.4 Å². The number of aryl methyl sites for hydroxylation is 1. The minimum atomic E-state index is -1.17. The van der Waals surface area contributed by atoms with E-state index in [2.05, 4.69) is 4.98 Å². The number of pyridine rings is 1. The van der Waals surface area contributed by atoms with Gasteiger partial charge in [0.15, 0.2) is 12.3 Å². The van der Waals surface area contributed by atoms with Crippen molar-refractivity contribution in [3.8, 4) is 5.75 Å². The summed E-state index contributed by atoms with van der Waals surface area (Å²) in [5.41, 5.74) is 0.714. The van der Waals surface area contributed by atoms with Gasteiger partial charge in [-0.3, -0.25) is 4.79 Å². The number of ether oxygens (including phenoxy) is 2. The fourth-order valence-corrected chi connectivity index (χ4v) is 3.23. The molecule has 0 aliphatic carbocycles. The highest BCUT2D eigenvalue weighted by Gasteiger charge is 2.28. The molecular formula is C22H27N3O6. The summed E-state index contributed by atoms with van der Waals surface area (Å²) in [5.74, 6) is -1.11. The van der Waals surface area contributed by atoms with Gasteiger partial charge >= 0.3 is 12.1 Å². The van der Waals surface area contributed by atoms with Crippen molar-refractivity contribution in [2.45, 2.75) is 33.3 Å². The molecule has 3 rings (SSSR count). The van der Waals surface area contributed by atoms with Crippen molar-refractivity contribution in [1.29, 1.82) is 0 Å². The molecule has 1 aromatic heterocycles. The summed E-state index contributed by atoms with van der Waals surface area (Å²) in [7, 11) is 0. The third-order valence-electron chi connectivity index (χ3n) is 4.78. The lowest BCUT2D eigenvalue weighted by Crippen LogP contribution is -2.52. The molecule has 0 saturated carbocycles.